The van der Waals surface area contributed by atoms with E-state index in [1.807, 2.05) is 12.1 Å². The second-order valence-electron chi connectivity index (χ2n) is 3.55. The van der Waals surface area contributed by atoms with Crippen LogP contribution in [0.3, 0.4) is 0 Å². The molecule has 0 saturated heterocycles. The Hall–Kier alpha value is -1.84. The summed E-state index contributed by atoms with van der Waals surface area (Å²) >= 11 is 0. The minimum Gasteiger partial charge on any atom is -0.367 e. The van der Waals surface area contributed by atoms with Crippen molar-refractivity contribution in [2.75, 3.05) is 18.0 Å². The third kappa shape index (κ3) is 1.70. The van der Waals surface area contributed by atoms with E-state index in [-0.39, 0.29) is 10.6 Å². The summed E-state index contributed by atoms with van der Waals surface area (Å²) < 4.78 is 0. The van der Waals surface area contributed by atoms with Gasteiger partial charge in [-0.3, -0.25) is 10.1 Å². The number of rotatable bonds is 3. The van der Waals surface area contributed by atoms with Crippen LogP contribution in [0.15, 0.2) is 30.9 Å². The van der Waals surface area contributed by atoms with Gasteiger partial charge in [0.15, 0.2) is 0 Å². The van der Waals surface area contributed by atoms with Gasteiger partial charge in [-0.15, -0.1) is 6.58 Å². The van der Waals surface area contributed by atoms with Gasteiger partial charge in [-0.25, -0.2) is 0 Å². The fourth-order valence-electron chi connectivity index (χ4n) is 1.89. The highest BCUT2D eigenvalue weighted by atomic mass is 16.6. The molecule has 0 bridgehead atoms. The number of nitrogens with zero attached hydrogens (tertiary/aromatic N) is 2. The number of non-ortho nitro benzene ring substituents is 1. The van der Waals surface area contributed by atoms with E-state index in [1.165, 1.54) is 5.56 Å². The van der Waals surface area contributed by atoms with Gasteiger partial charge < -0.3 is 4.90 Å². The lowest BCUT2D eigenvalue weighted by molar-refractivity contribution is -0.384. The molecule has 0 radical (unpaired) electrons. The van der Waals surface area contributed by atoms with Crippen LogP contribution in [-0.2, 0) is 6.42 Å². The van der Waals surface area contributed by atoms with Gasteiger partial charge in [-0.1, -0.05) is 12.1 Å². The fraction of sp³-hybridized carbons (Fsp3) is 0.273. The number of anilines is 1. The molecule has 0 N–H and O–H groups in total. The van der Waals surface area contributed by atoms with Crippen LogP contribution >= 0.6 is 0 Å². The molecule has 2 rings (SSSR count). The second kappa shape index (κ2) is 3.73. The van der Waals surface area contributed by atoms with E-state index in [0.29, 0.717) is 0 Å². The van der Waals surface area contributed by atoms with Crippen LogP contribution in [0.25, 0.3) is 0 Å². The molecule has 0 atom stereocenters. The quantitative estimate of drug-likeness (QED) is 0.430. The molecule has 0 aliphatic carbocycles. The predicted octanol–water partition coefficient (Wildman–Crippen LogP) is 2.14. The van der Waals surface area contributed by atoms with E-state index in [2.05, 4.69) is 11.5 Å². The molecular formula is C11H12N2O2. The molecular weight excluding hydrogens is 192 g/mol. The van der Waals surface area contributed by atoms with E-state index < -0.39 is 0 Å². The third-order valence-electron chi connectivity index (χ3n) is 2.62. The van der Waals surface area contributed by atoms with Crippen molar-refractivity contribution in [1.29, 1.82) is 0 Å². The largest absolute Gasteiger partial charge is 0.367 e. The summed E-state index contributed by atoms with van der Waals surface area (Å²) in [6, 6.07) is 5.05. The molecule has 0 aromatic heterocycles. The molecule has 15 heavy (non-hydrogen) atoms. The zero-order valence-electron chi connectivity index (χ0n) is 8.35. The van der Waals surface area contributed by atoms with Crippen molar-refractivity contribution in [2.24, 2.45) is 0 Å². The van der Waals surface area contributed by atoms with Gasteiger partial charge in [0.1, 0.15) is 0 Å². The maximum absolute atomic E-state index is 10.6. The van der Waals surface area contributed by atoms with E-state index in [1.54, 1.807) is 12.1 Å². The normalized spacial score (nSPS) is 13.7. The molecule has 0 saturated carbocycles. The number of nitro groups is 1. The van der Waals surface area contributed by atoms with Crippen molar-refractivity contribution in [3.8, 4) is 0 Å². The van der Waals surface area contributed by atoms with Gasteiger partial charge in [0.25, 0.3) is 5.69 Å². The number of nitro benzene ring substituents is 1. The van der Waals surface area contributed by atoms with E-state index >= 15 is 0 Å². The maximum Gasteiger partial charge on any atom is 0.271 e. The van der Waals surface area contributed by atoms with E-state index in [9.17, 15) is 10.1 Å². The maximum atomic E-state index is 10.6. The molecule has 1 aromatic rings. The van der Waals surface area contributed by atoms with Gasteiger partial charge in [0.05, 0.1) is 4.92 Å². The summed E-state index contributed by atoms with van der Waals surface area (Å²) in [6.45, 7) is 5.34. The SMILES string of the molecule is C=CCN1CCc2ccc([N+](=O)[O-])cc21. The average Bonchev–Trinajstić information content (AvgIpc) is 2.61. The van der Waals surface area contributed by atoms with Crippen molar-refractivity contribution in [3.63, 3.8) is 0 Å². The standard InChI is InChI=1S/C11H12N2O2/c1-2-6-12-7-5-9-3-4-10(13(14)15)8-11(9)12/h2-4,8H,1,5-7H2. The van der Waals surface area contributed by atoms with Crippen LogP contribution in [0.1, 0.15) is 5.56 Å². The predicted molar refractivity (Wildman–Crippen MR) is 59.2 cm³/mol. The van der Waals surface area contributed by atoms with Crippen LogP contribution < -0.4 is 4.90 Å². The third-order valence-corrected chi connectivity index (χ3v) is 2.62. The van der Waals surface area contributed by atoms with Crippen molar-refractivity contribution in [3.05, 3.63) is 46.5 Å². The first kappa shape index (κ1) is 9.71. The van der Waals surface area contributed by atoms with Crippen molar-refractivity contribution in [1.82, 2.24) is 0 Å². The molecule has 4 nitrogen and oxygen atoms in total. The lowest BCUT2D eigenvalue weighted by Gasteiger charge is -2.16. The number of fused-ring (bicyclic) bond motifs is 1. The second-order valence-corrected chi connectivity index (χ2v) is 3.55. The van der Waals surface area contributed by atoms with E-state index in [4.69, 9.17) is 0 Å². The Bertz CT molecular complexity index is 415. The molecule has 1 aromatic carbocycles. The Labute approximate surface area is 88.0 Å². The monoisotopic (exact) mass is 204 g/mol. The number of hydrogen-bond acceptors (Lipinski definition) is 3. The molecule has 0 spiro atoms. The van der Waals surface area contributed by atoms with Crippen LogP contribution in [0.2, 0.25) is 0 Å². The van der Waals surface area contributed by atoms with Crippen molar-refractivity contribution >= 4 is 11.4 Å². The summed E-state index contributed by atoms with van der Waals surface area (Å²) in [5.41, 5.74) is 2.32. The zero-order chi connectivity index (χ0) is 10.8. The smallest absolute Gasteiger partial charge is 0.271 e. The summed E-state index contributed by atoms with van der Waals surface area (Å²) in [5, 5.41) is 10.6. The molecule has 4 heteroatoms. The van der Waals surface area contributed by atoms with Crippen LogP contribution in [0.4, 0.5) is 11.4 Å². The molecule has 78 valence electrons. The van der Waals surface area contributed by atoms with Crippen LogP contribution in [0, 0.1) is 10.1 Å². The first-order valence-corrected chi connectivity index (χ1v) is 4.85. The number of benzene rings is 1. The first-order chi connectivity index (χ1) is 7.22. The zero-order valence-corrected chi connectivity index (χ0v) is 8.35. The van der Waals surface area contributed by atoms with E-state index in [0.717, 1.165) is 25.2 Å². The molecule has 0 amide bonds. The molecule has 1 aliphatic heterocycles. The van der Waals surface area contributed by atoms with Gasteiger partial charge in [0, 0.05) is 30.9 Å². The first-order valence-electron chi connectivity index (χ1n) is 4.85. The lowest BCUT2D eigenvalue weighted by atomic mass is 10.1. The molecule has 1 heterocycles. The minimum atomic E-state index is -0.356. The topological polar surface area (TPSA) is 46.4 Å². The highest BCUT2D eigenvalue weighted by Crippen LogP contribution is 2.31. The molecule has 0 unspecified atom stereocenters. The Morgan fingerprint density at radius 2 is 2.40 bits per heavy atom. The molecule has 0 fully saturated rings. The Morgan fingerprint density at radius 1 is 1.60 bits per heavy atom. The summed E-state index contributed by atoms with van der Waals surface area (Å²) in [6.07, 6.45) is 2.77. The van der Waals surface area contributed by atoms with Gasteiger partial charge in [0.2, 0.25) is 0 Å². The summed E-state index contributed by atoms with van der Waals surface area (Å²) in [4.78, 5) is 12.4. The molecule has 1 aliphatic rings. The summed E-state index contributed by atoms with van der Waals surface area (Å²) in [5.74, 6) is 0. The Kier molecular flexibility index (Phi) is 2.41. The summed E-state index contributed by atoms with van der Waals surface area (Å²) in [7, 11) is 0. The van der Waals surface area contributed by atoms with Crippen LogP contribution in [-0.4, -0.2) is 18.0 Å². The highest BCUT2D eigenvalue weighted by molar-refractivity contribution is 5.62. The van der Waals surface area contributed by atoms with Crippen molar-refractivity contribution < 1.29 is 4.92 Å². The van der Waals surface area contributed by atoms with Crippen LogP contribution in [0.5, 0.6) is 0 Å². The fourth-order valence-corrected chi connectivity index (χ4v) is 1.89. The van der Waals surface area contributed by atoms with Gasteiger partial charge in [-0.2, -0.15) is 0 Å². The Balaban J connectivity index is 2.37. The van der Waals surface area contributed by atoms with Crippen molar-refractivity contribution in [2.45, 2.75) is 6.42 Å². The minimum absolute atomic E-state index is 0.157. The Morgan fingerprint density at radius 3 is 3.07 bits per heavy atom. The average molecular weight is 204 g/mol. The van der Waals surface area contributed by atoms with Gasteiger partial charge >= 0.3 is 0 Å². The number of hydrogen-bond donors (Lipinski definition) is 0. The highest BCUT2D eigenvalue weighted by Gasteiger charge is 2.20. The van der Waals surface area contributed by atoms with Gasteiger partial charge in [-0.05, 0) is 12.0 Å². The lowest BCUT2D eigenvalue weighted by Crippen LogP contribution is -2.19.